The smallest absolute Gasteiger partial charge is 0.333 e. The number of carbonyl (C=O) groups excluding carboxylic acids is 2. The topological polar surface area (TPSA) is 58.6 Å². The van der Waals surface area contributed by atoms with E-state index in [1.807, 2.05) is 24.3 Å². The van der Waals surface area contributed by atoms with Gasteiger partial charge in [0.25, 0.3) is 5.91 Å². The van der Waals surface area contributed by atoms with Gasteiger partial charge in [-0.1, -0.05) is 35.3 Å². The SMILES string of the molecule is O=C1N/C(=C/c2cc(Cl)c(OCc3ccc(I)cc3)c(Br)c2)C(=O)N1c1ccc(Cl)cc1. The molecule has 3 aromatic rings. The predicted molar refractivity (Wildman–Crippen MR) is 138 cm³/mol. The molecule has 9 heteroatoms. The van der Waals surface area contributed by atoms with Crippen LogP contribution in [0.5, 0.6) is 5.75 Å². The van der Waals surface area contributed by atoms with Crippen molar-refractivity contribution in [1.82, 2.24) is 5.32 Å². The van der Waals surface area contributed by atoms with Crippen LogP contribution < -0.4 is 15.0 Å². The van der Waals surface area contributed by atoms with Crippen LogP contribution in [0.1, 0.15) is 11.1 Å². The van der Waals surface area contributed by atoms with Gasteiger partial charge in [0.05, 0.1) is 15.2 Å². The van der Waals surface area contributed by atoms with Crippen molar-refractivity contribution < 1.29 is 14.3 Å². The summed E-state index contributed by atoms with van der Waals surface area (Å²) in [4.78, 5) is 26.2. The standard InChI is InChI=1S/C23H14BrCl2IN2O3/c24-18-9-14(10-19(26)21(18)32-12-13-1-5-16(27)6-2-13)11-20-22(30)29(23(31)28-20)17-7-3-15(25)4-8-17/h1-11H,12H2,(H,28,31)/b20-11+. The van der Waals surface area contributed by atoms with Gasteiger partial charge in [-0.15, -0.1) is 0 Å². The maximum absolute atomic E-state index is 12.8. The molecule has 1 fully saturated rings. The van der Waals surface area contributed by atoms with Crippen molar-refractivity contribution in [3.05, 3.63) is 95.6 Å². The van der Waals surface area contributed by atoms with E-state index < -0.39 is 11.9 Å². The van der Waals surface area contributed by atoms with Crippen LogP contribution in [0.4, 0.5) is 10.5 Å². The third-order valence-electron chi connectivity index (χ3n) is 4.59. The normalized spacial score (nSPS) is 14.8. The number of imide groups is 1. The lowest BCUT2D eigenvalue weighted by Crippen LogP contribution is -2.30. The molecule has 3 amide bonds. The Morgan fingerprint density at radius 2 is 1.72 bits per heavy atom. The first-order valence-electron chi connectivity index (χ1n) is 9.31. The molecule has 0 atom stereocenters. The Morgan fingerprint density at radius 3 is 2.38 bits per heavy atom. The number of carbonyl (C=O) groups is 2. The number of urea groups is 1. The Balaban J connectivity index is 1.54. The maximum atomic E-state index is 12.8. The monoisotopic (exact) mass is 642 g/mol. The second-order valence-electron chi connectivity index (χ2n) is 6.83. The van der Waals surface area contributed by atoms with Gasteiger partial charge in [-0.3, -0.25) is 4.79 Å². The Kier molecular flexibility index (Phi) is 7.09. The van der Waals surface area contributed by atoms with Gasteiger partial charge < -0.3 is 10.1 Å². The van der Waals surface area contributed by atoms with E-state index in [0.29, 0.717) is 38.1 Å². The van der Waals surface area contributed by atoms with E-state index in [1.165, 1.54) is 0 Å². The van der Waals surface area contributed by atoms with Crippen molar-refractivity contribution in [2.24, 2.45) is 0 Å². The molecule has 0 aliphatic carbocycles. The van der Waals surface area contributed by atoms with Gasteiger partial charge in [-0.2, -0.15) is 0 Å². The summed E-state index contributed by atoms with van der Waals surface area (Å²) < 4.78 is 7.66. The molecule has 5 nitrogen and oxygen atoms in total. The average molecular weight is 644 g/mol. The maximum Gasteiger partial charge on any atom is 0.333 e. The van der Waals surface area contributed by atoms with Crippen molar-refractivity contribution in [3.8, 4) is 5.75 Å². The molecule has 4 rings (SSSR count). The van der Waals surface area contributed by atoms with Crippen molar-refractivity contribution in [2.75, 3.05) is 4.90 Å². The van der Waals surface area contributed by atoms with Gasteiger partial charge in [0, 0.05) is 8.59 Å². The lowest BCUT2D eigenvalue weighted by molar-refractivity contribution is -0.113. The summed E-state index contributed by atoms with van der Waals surface area (Å²) in [6, 6.07) is 17.3. The summed E-state index contributed by atoms with van der Waals surface area (Å²) in [5.41, 5.74) is 2.21. The fourth-order valence-corrected chi connectivity index (χ4v) is 4.54. The van der Waals surface area contributed by atoms with Crippen LogP contribution in [0, 0.1) is 3.57 Å². The lowest BCUT2D eigenvalue weighted by Gasteiger charge is -2.12. The number of benzene rings is 3. The first kappa shape index (κ1) is 23.1. The fraction of sp³-hybridized carbons (Fsp3) is 0.0435. The summed E-state index contributed by atoms with van der Waals surface area (Å²) in [6.07, 6.45) is 1.57. The summed E-state index contributed by atoms with van der Waals surface area (Å²) in [7, 11) is 0. The fourth-order valence-electron chi connectivity index (χ4n) is 3.06. The van der Waals surface area contributed by atoms with Gasteiger partial charge in [0.15, 0.2) is 5.75 Å². The first-order chi connectivity index (χ1) is 15.3. The molecule has 3 aromatic carbocycles. The Morgan fingerprint density at radius 1 is 1.03 bits per heavy atom. The molecule has 0 saturated carbocycles. The predicted octanol–water partition coefficient (Wildman–Crippen LogP) is 7.04. The quantitative estimate of drug-likeness (QED) is 0.184. The molecule has 0 spiro atoms. The Hall–Kier alpha value is -2.07. The number of nitrogens with one attached hydrogen (secondary N) is 1. The molecule has 0 unspecified atom stereocenters. The molecule has 1 N–H and O–H groups in total. The number of rotatable bonds is 5. The zero-order valence-corrected chi connectivity index (χ0v) is 21.5. The van der Waals surface area contributed by atoms with Crippen molar-refractivity contribution >= 4 is 85.4 Å². The number of nitrogens with zero attached hydrogens (tertiary/aromatic N) is 1. The van der Waals surface area contributed by atoms with Gasteiger partial charge in [-0.25, -0.2) is 9.69 Å². The first-order valence-corrected chi connectivity index (χ1v) is 11.9. The minimum absolute atomic E-state index is 0.139. The summed E-state index contributed by atoms with van der Waals surface area (Å²) in [5, 5.41) is 3.49. The highest BCUT2D eigenvalue weighted by atomic mass is 127. The van der Waals surface area contributed by atoms with Crippen LogP contribution in [0.3, 0.4) is 0 Å². The van der Waals surface area contributed by atoms with Crippen LogP contribution in [0.2, 0.25) is 10.0 Å². The molecule has 0 bridgehead atoms. The van der Waals surface area contributed by atoms with Crippen LogP contribution >= 0.6 is 61.7 Å². The largest absolute Gasteiger partial charge is 0.486 e. The second kappa shape index (κ2) is 9.82. The lowest BCUT2D eigenvalue weighted by atomic mass is 10.1. The van der Waals surface area contributed by atoms with Crippen LogP contribution in [0.25, 0.3) is 6.08 Å². The number of hydrogen-bond acceptors (Lipinski definition) is 3. The van der Waals surface area contributed by atoms with Crippen LogP contribution in [0.15, 0.2) is 70.8 Å². The summed E-state index contributed by atoms with van der Waals surface area (Å²) in [6.45, 7) is 0.361. The van der Waals surface area contributed by atoms with Gasteiger partial charge in [0.2, 0.25) is 0 Å². The number of amides is 3. The highest BCUT2D eigenvalue weighted by Gasteiger charge is 2.34. The molecule has 1 heterocycles. The van der Waals surface area contributed by atoms with E-state index >= 15 is 0 Å². The molecule has 0 aromatic heterocycles. The van der Waals surface area contributed by atoms with E-state index in [1.54, 1.807) is 42.5 Å². The van der Waals surface area contributed by atoms with E-state index in [9.17, 15) is 9.59 Å². The molecular formula is C23H14BrCl2IN2O3. The van der Waals surface area contributed by atoms with Crippen molar-refractivity contribution in [3.63, 3.8) is 0 Å². The third-order valence-corrected chi connectivity index (χ3v) is 6.43. The summed E-state index contributed by atoms with van der Waals surface area (Å²) in [5.74, 6) is 0.0283. The molecular weight excluding hydrogens is 630 g/mol. The highest BCUT2D eigenvalue weighted by Crippen LogP contribution is 2.36. The Bertz CT molecular complexity index is 1210. The van der Waals surface area contributed by atoms with Crippen LogP contribution in [-0.4, -0.2) is 11.9 Å². The van der Waals surface area contributed by atoms with Crippen molar-refractivity contribution in [2.45, 2.75) is 6.61 Å². The highest BCUT2D eigenvalue weighted by molar-refractivity contribution is 14.1. The minimum atomic E-state index is -0.536. The molecule has 1 aliphatic rings. The van der Waals surface area contributed by atoms with E-state index in [4.69, 9.17) is 27.9 Å². The van der Waals surface area contributed by atoms with Gasteiger partial charge >= 0.3 is 6.03 Å². The average Bonchev–Trinajstić information content (AvgIpc) is 3.02. The molecule has 162 valence electrons. The second-order valence-corrected chi connectivity index (χ2v) is 9.78. The number of hydrogen-bond donors (Lipinski definition) is 1. The third kappa shape index (κ3) is 5.11. The molecule has 32 heavy (non-hydrogen) atoms. The molecule has 1 aliphatic heterocycles. The van der Waals surface area contributed by atoms with E-state index in [2.05, 4.69) is 43.8 Å². The molecule has 0 radical (unpaired) electrons. The number of ether oxygens (including phenoxy) is 1. The number of halogens is 4. The zero-order chi connectivity index (χ0) is 22.8. The van der Waals surface area contributed by atoms with E-state index in [0.717, 1.165) is 14.0 Å². The van der Waals surface area contributed by atoms with Crippen molar-refractivity contribution in [1.29, 1.82) is 0 Å². The van der Waals surface area contributed by atoms with Crippen LogP contribution in [-0.2, 0) is 11.4 Å². The zero-order valence-electron chi connectivity index (χ0n) is 16.2. The van der Waals surface area contributed by atoms with E-state index in [-0.39, 0.29) is 5.70 Å². The van der Waals surface area contributed by atoms with Gasteiger partial charge in [0.1, 0.15) is 12.3 Å². The number of anilines is 1. The minimum Gasteiger partial charge on any atom is -0.486 e. The van der Waals surface area contributed by atoms with Gasteiger partial charge in [-0.05, 0) is 104 Å². The summed E-state index contributed by atoms with van der Waals surface area (Å²) >= 11 is 18.1. The molecule has 1 saturated heterocycles. The Labute approximate surface area is 216 Å².